The highest BCUT2D eigenvalue weighted by Gasteiger charge is 2.51. The number of amidine groups is 1. The van der Waals surface area contributed by atoms with Crippen LogP contribution in [0.25, 0.3) is 0 Å². The number of nitriles is 1. The van der Waals surface area contributed by atoms with Crippen molar-refractivity contribution >= 4 is 33.4 Å². The van der Waals surface area contributed by atoms with E-state index in [-0.39, 0.29) is 29.4 Å². The highest BCUT2D eigenvalue weighted by molar-refractivity contribution is 9.10. The average Bonchev–Trinajstić information content (AvgIpc) is 3.52. The van der Waals surface area contributed by atoms with E-state index in [1.807, 2.05) is 19.1 Å². The lowest BCUT2D eigenvalue weighted by molar-refractivity contribution is -0.286. The van der Waals surface area contributed by atoms with Gasteiger partial charge in [-0.05, 0) is 62.4 Å². The molecule has 35 heavy (non-hydrogen) atoms. The molecule has 1 spiro atoms. The number of nitrogens with one attached hydrogen (secondary N) is 1. The van der Waals surface area contributed by atoms with Crippen molar-refractivity contribution in [2.45, 2.75) is 56.4 Å². The number of halogens is 3. The normalized spacial score (nSPS) is 26.5. The minimum Gasteiger partial charge on any atom is -0.395 e. The van der Waals surface area contributed by atoms with Crippen LogP contribution in [0.1, 0.15) is 55.2 Å². The fraction of sp³-hybridized carbons (Fsp3) is 0.400. The maximum absolute atomic E-state index is 13.8. The first kappa shape index (κ1) is 22.3. The number of carbonyl (C=O) groups is 1. The monoisotopic (exact) mass is 542 g/mol. The summed E-state index contributed by atoms with van der Waals surface area (Å²) >= 11 is 3.48. The molecule has 1 amide bonds. The Labute approximate surface area is 208 Å². The number of rotatable bonds is 3. The molecule has 3 aliphatic heterocycles. The van der Waals surface area contributed by atoms with Crippen LogP contribution in [0.5, 0.6) is 11.5 Å². The van der Waals surface area contributed by atoms with E-state index in [9.17, 15) is 18.8 Å². The molecule has 1 aliphatic carbocycles. The van der Waals surface area contributed by atoms with Gasteiger partial charge in [0, 0.05) is 34.6 Å². The number of hydrogen-bond acceptors (Lipinski definition) is 6. The van der Waals surface area contributed by atoms with E-state index in [4.69, 9.17) is 9.73 Å². The molecule has 0 aromatic heterocycles. The van der Waals surface area contributed by atoms with Crippen LogP contribution in [0.15, 0.2) is 39.8 Å². The molecule has 0 bridgehead atoms. The average molecular weight is 543 g/mol. The minimum atomic E-state index is -3.70. The van der Waals surface area contributed by atoms with Gasteiger partial charge >= 0.3 is 6.29 Å². The number of ether oxygens (including phenoxy) is 2. The summed E-state index contributed by atoms with van der Waals surface area (Å²) in [5, 5.41) is 12.5. The molecule has 0 radical (unpaired) electrons. The Balaban J connectivity index is 1.33. The SMILES string of the molecule is C[C@H]1C[C@@]2(CCN1c1cc(Br)ccc1C#N)N=C(c1ccc3c(c1C1CC1)OC(F)(F)O3)NC2=O. The van der Waals surface area contributed by atoms with Gasteiger partial charge < -0.3 is 19.7 Å². The van der Waals surface area contributed by atoms with Crippen molar-refractivity contribution in [2.24, 2.45) is 4.99 Å². The van der Waals surface area contributed by atoms with E-state index >= 15 is 0 Å². The molecule has 2 atom stereocenters. The summed E-state index contributed by atoms with van der Waals surface area (Å²) in [4.78, 5) is 20.3. The number of fused-ring (bicyclic) bond motifs is 1. The smallest absolute Gasteiger partial charge is 0.395 e. The summed E-state index contributed by atoms with van der Waals surface area (Å²) in [7, 11) is 0. The Morgan fingerprint density at radius 3 is 2.77 bits per heavy atom. The van der Waals surface area contributed by atoms with Gasteiger partial charge in [0.05, 0.1) is 11.3 Å². The Morgan fingerprint density at radius 2 is 2.06 bits per heavy atom. The molecule has 2 aromatic rings. The van der Waals surface area contributed by atoms with E-state index in [1.165, 1.54) is 6.07 Å². The largest absolute Gasteiger partial charge is 0.586 e. The third kappa shape index (κ3) is 3.64. The van der Waals surface area contributed by atoms with Crippen LogP contribution in [-0.2, 0) is 4.79 Å². The van der Waals surface area contributed by atoms with Gasteiger partial charge in [0.15, 0.2) is 11.5 Å². The lowest BCUT2D eigenvalue weighted by Crippen LogP contribution is -2.53. The summed E-state index contributed by atoms with van der Waals surface area (Å²) in [5.41, 5.74) is 1.66. The number of benzene rings is 2. The first-order valence-electron chi connectivity index (χ1n) is 11.5. The van der Waals surface area contributed by atoms with Crippen molar-refractivity contribution in [1.82, 2.24) is 5.32 Å². The number of amides is 1. The Morgan fingerprint density at radius 1 is 1.26 bits per heavy atom. The highest BCUT2D eigenvalue weighted by atomic mass is 79.9. The number of carbonyl (C=O) groups excluding carboxylic acids is 1. The molecule has 3 heterocycles. The summed E-state index contributed by atoms with van der Waals surface area (Å²) in [6, 6.07) is 10.8. The van der Waals surface area contributed by atoms with Gasteiger partial charge in [0.2, 0.25) is 0 Å². The Hall–Kier alpha value is -3.19. The molecule has 1 N–H and O–H groups in total. The van der Waals surface area contributed by atoms with Crippen molar-refractivity contribution in [2.75, 3.05) is 11.4 Å². The van der Waals surface area contributed by atoms with E-state index in [2.05, 4.69) is 37.0 Å². The molecule has 0 unspecified atom stereocenters. The maximum atomic E-state index is 13.8. The zero-order valence-corrected chi connectivity index (χ0v) is 20.4. The number of nitrogens with zero attached hydrogens (tertiary/aromatic N) is 3. The van der Waals surface area contributed by atoms with Gasteiger partial charge in [0.1, 0.15) is 17.4 Å². The predicted octanol–water partition coefficient (Wildman–Crippen LogP) is 4.82. The first-order valence-corrected chi connectivity index (χ1v) is 12.3. The fourth-order valence-electron chi connectivity index (χ4n) is 5.39. The molecular formula is C25H21BrF2N4O3. The molecule has 4 aliphatic rings. The maximum Gasteiger partial charge on any atom is 0.586 e. The van der Waals surface area contributed by atoms with Gasteiger partial charge in [-0.2, -0.15) is 5.26 Å². The second-order valence-electron chi connectivity index (χ2n) is 9.51. The molecule has 6 rings (SSSR count). The number of anilines is 1. The summed E-state index contributed by atoms with van der Waals surface area (Å²) in [6.45, 7) is 2.56. The van der Waals surface area contributed by atoms with Crippen LogP contribution in [-0.4, -0.2) is 36.2 Å². The molecular weight excluding hydrogens is 522 g/mol. The molecule has 2 fully saturated rings. The first-order chi connectivity index (χ1) is 16.7. The lowest BCUT2D eigenvalue weighted by atomic mass is 9.83. The van der Waals surface area contributed by atoms with Gasteiger partial charge in [-0.15, -0.1) is 8.78 Å². The van der Waals surface area contributed by atoms with Gasteiger partial charge in [-0.3, -0.25) is 9.79 Å². The quantitative estimate of drug-likeness (QED) is 0.600. The van der Waals surface area contributed by atoms with Crippen molar-refractivity contribution in [3.05, 3.63) is 51.5 Å². The number of hydrogen-bond donors (Lipinski definition) is 1. The van der Waals surface area contributed by atoms with Crippen LogP contribution in [0.2, 0.25) is 0 Å². The van der Waals surface area contributed by atoms with Crippen molar-refractivity contribution in [3.8, 4) is 17.6 Å². The van der Waals surface area contributed by atoms with Crippen LogP contribution in [0, 0.1) is 11.3 Å². The van der Waals surface area contributed by atoms with Crippen LogP contribution < -0.4 is 19.7 Å². The molecule has 10 heteroatoms. The van der Waals surface area contributed by atoms with Crippen molar-refractivity contribution < 1.29 is 23.0 Å². The summed E-state index contributed by atoms with van der Waals surface area (Å²) < 4.78 is 37.9. The summed E-state index contributed by atoms with van der Waals surface area (Å²) in [6.07, 6.45) is -1.08. The highest BCUT2D eigenvalue weighted by Crippen LogP contribution is 2.53. The van der Waals surface area contributed by atoms with Crippen molar-refractivity contribution in [1.29, 1.82) is 5.26 Å². The second-order valence-corrected chi connectivity index (χ2v) is 10.4. The van der Waals surface area contributed by atoms with Gasteiger partial charge in [-0.25, -0.2) is 0 Å². The van der Waals surface area contributed by atoms with Gasteiger partial charge in [0.25, 0.3) is 5.91 Å². The molecule has 180 valence electrons. The topological polar surface area (TPSA) is 87.0 Å². The zero-order valence-electron chi connectivity index (χ0n) is 18.8. The van der Waals surface area contributed by atoms with E-state index in [0.717, 1.165) is 23.0 Å². The number of piperidine rings is 1. The minimum absolute atomic E-state index is 0.00420. The number of aliphatic imine (C=N–C) groups is 1. The predicted molar refractivity (Wildman–Crippen MR) is 127 cm³/mol. The standard InChI is InChI=1S/C25H21BrF2N4O3/c1-13-11-24(8-9-32(13)18-10-16(26)5-4-15(18)12-29)23(33)30-22(31-24)17-6-7-19-21(20(17)14-2-3-14)35-25(27,28)34-19/h4-7,10,13-14H,2-3,8-9,11H2,1H3,(H,30,31,33)/t13-,24+/m0/s1. The second kappa shape index (κ2) is 7.65. The third-order valence-electron chi connectivity index (χ3n) is 7.15. The third-order valence-corrected chi connectivity index (χ3v) is 7.65. The fourth-order valence-corrected chi connectivity index (χ4v) is 5.74. The van der Waals surface area contributed by atoms with E-state index < -0.39 is 11.8 Å². The molecule has 2 aromatic carbocycles. The zero-order chi connectivity index (χ0) is 24.5. The van der Waals surface area contributed by atoms with Gasteiger partial charge in [-0.1, -0.05) is 15.9 Å². The van der Waals surface area contributed by atoms with Crippen LogP contribution >= 0.6 is 15.9 Å². The lowest BCUT2D eigenvalue weighted by Gasteiger charge is -2.42. The molecule has 7 nitrogen and oxygen atoms in total. The Kier molecular flexibility index (Phi) is 4.87. The van der Waals surface area contributed by atoms with E-state index in [0.29, 0.717) is 41.9 Å². The van der Waals surface area contributed by atoms with Crippen molar-refractivity contribution in [3.63, 3.8) is 0 Å². The molecule has 1 saturated carbocycles. The molecule has 1 saturated heterocycles. The van der Waals surface area contributed by atoms with E-state index in [1.54, 1.807) is 12.1 Å². The van der Waals surface area contributed by atoms with Crippen LogP contribution in [0.4, 0.5) is 14.5 Å². The Bertz CT molecular complexity index is 1340. The van der Waals surface area contributed by atoms with Crippen LogP contribution in [0.3, 0.4) is 0 Å². The summed E-state index contributed by atoms with van der Waals surface area (Å²) in [5.74, 6) is 0.299. The number of alkyl halides is 2.